The number of fused-ring (bicyclic) bond motifs is 5. The molecule has 0 bridgehead atoms. The van der Waals surface area contributed by atoms with E-state index < -0.39 is 133 Å². The first kappa shape index (κ1) is 38.0. The molecule has 2 saturated heterocycles. The van der Waals surface area contributed by atoms with Gasteiger partial charge < -0.3 is 64.9 Å². The summed E-state index contributed by atoms with van der Waals surface area (Å²) in [7, 11) is 0. The number of hydrogen-bond acceptors (Lipinski definition) is 15. The number of carbonyl (C=O) groups is 2. The van der Waals surface area contributed by atoms with Gasteiger partial charge >= 0.3 is 0 Å². The van der Waals surface area contributed by atoms with Gasteiger partial charge in [-0.3, -0.25) is 9.59 Å². The number of ether oxygens (including phenoxy) is 4. The van der Waals surface area contributed by atoms with Crippen molar-refractivity contribution < 1.29 is 78.9 Å². The topological polar surface area (TPSA) is 253 Å². The van der Waals surface area contributed by atoms with Crippen molar-refractivity contribution in [3.05, 3.63) is 23.8 Å². The van der Waals surface area contributed by atoms with Crippen molar-refractivity contribution in [1.29, 1.82) is 0 Å². The zero-order valence-electron chi connectivity index (χ0n) is 28.2. The highest BCUT2D eigenvalue weighted by atomic mass is 19.1. The molecular formula is C34H49FO15. The van der Waals surface area contributed by atoms with Gasteiger partial charge in [-0.1, -0.05) is 25.5 Å². The number of ketones is 2. The second-order valence-corrected chi connectivity index (χ2v) is 15.4. The van der Waals surface area contributed by atoms with Gasteiger partial charge in [0.05, 0.1) is 19.3 Å². The molecule has 0 amide bonds. The summed E-state index contributed by atoms with van der Waals surface area (Å²) >= 11 is 0. The summed E-state index contributed by atoms with van der Waals surface area (Å²) in [5.41, 5.74) is -6.33. The van der Waals surface area contributed by atoms with E-state index in [4.69, 9.17) is 18.9 Å². The predicted molar refractivity (Wildman–Crippen MR) is 165 cm³/mol. The molecule has 2 aliphatic heterocycles. The van der Waals surface area contributed by atoms with E-state index in [1.54, 1.807) is 20.8 Å². The Hall–Kier alpha value is -1.77. The molecule has 0 radical (unpaired) electrons. The van der Waals surface area contributed by atoms with Gasteiger partial charge in [0, 0.05) is 16.7 Å². The normalized spacial score (nSPS) is 53.1. The van der Waals surface area contributed by atoms with Crippen LogP contribution in [0.15, 0.2) is 23.8 Å². The van der Waals surface area contributed by atoms with Gasteiger partial charge in [-0.15, -0.1) is 0 Å². The minimum absolute atomic E-state index is 0.242. The molecule has 6 aliphatic rings. The van der Waals surface area contributed by atoms with Crippen molar-refractivity contribution in [2.45, 2.75) is 119 Å². The lowest BCUT2D eigenvalue weighted by molar-refractivity contribution is -0.319. The van der Waals surface area contributed by atoms with Gasteiger partial charge in [-0.2, -0.15) is 0 Å². The molecule has 0 spiro atoms. The molecule has 0 aromatic rings. The predicted octanol–water partition coefficient (Wildman–Crippen LogP) is -2.45. The fraction of sp³-hybridized carbons (Fsp3) is 0.824. The number of rotatable bonds is 9. The van der Waals surface area contributed by atoms with Crippen LogP contribution >= 0.6 is 0 Å². The van der Waals surface area contributed by atoms with Crippen molar-refractivity contribution in [2.75, 3.05) is 26.4 Å². The van der Waals surface area contributed by atoms with E-state index in [0.717, 1.165) is 0 Å². The number of Topliss-reactive ketones (excluding diaryl/α,β-unsaturated/α-hetero) is 1. The maximum atomic E-state index is 17.5. The summed E-state index contributed by atoms with van der Waals surface area (Å²) in [6, 6.07) is 0. The third kappa shape index (κ3) is 5.10. The van der Waals surface area contributed by atoms with Gasteiger partial charge in [0.15, 0.2) is 23.5 Å². The molecule has 9 N–H and O–H groups in total. The van der Waals surface area contributed by atoms with Crippen molar-refractivity contribution >= 4 is 11.6 Å². The van der Waals surface area contributed by atoms with Crippen molar-refractivity contribution in [3.8, 4) is 0 Å². The molecule has 3 saturated carbocycles. The largest absolute Gasteiger partial charge is 0.394 e. The van der Waals surface area contributed by atoms with Gasteiger partial charge in [0.2, 0.25) is 5.79 Å². The van der Waals surface area contributed by atoms with Crippen LogP contribution in [0.5, 0.6) is 0 Å². The molecule has 5 fully saturated rings. The van der Waals surface area contributed by atoms with Gasteiger partial charge in [0.1, 0.15) is 61.5 Å². The molecule has 15 nitrogen and oxygen atoms in total. The van der Waals surface area contributed by atoms with Crippen LogP contribution in [-0.4, -0.2) is 156 Å². The SMILES string of the molecule is C[C@H]1C[C@H]2[C@@H]3CCC4=CC(=O)C=C[C@]4(C)[C@@]3(F)[C@@H](O)C[C@]2(C)[C@@]1(O)C(=O)COC1(CO)O[C@H](CO)[C@@H](O[C@@H]2O[C@H](CO)[C@H](O)[C@H](O)[C@H]2O)[C@@H]1O. The maximum Gasteiger partial charge on any atom is 0.222 e. The van der Waals surface area contributed by atoms with Crippen molar-refractivity contribution in [3.63, 3.8) is 0 Å². The van der Waals surface area contributed by atoms with E-state index in [2.05, 4.69) is 0 Å². The third-order valence-corrected chi connectivity index (χ3v) is 13.1. The fourth-order valence-electron chi connectivity index (χ4n) is 10.2. The number of aliphatic hydroxyl groups excluding tert-OH is 8. The monoisotopic (exact) mass is 716 g/mol. The van der Waals surface area contributed by atoms with Gasteiger partial charge in [-0.25, -0.2) is 4.39 Å². The minimum atomic E-state index is -2.40. The van der Waals surface area contributed by atoms with E-state index in [0.29, 0.717) is 12.0 Å². The van der Waals surface area contributed by atoms with Crippen molar-refractivity contribution in [1.82, 2.24) is 0 Å². The molecule has 6 rings (SSSR count). The molecule has 1 unspecified atom stereocenters. The van der Waals surface area contributed by atoms with Gasteiger partial charge in [-0.05, 0) is 56.6 Å². The number of alkyl halides is 1. The first-order valence-corrected chi connectivity index (χ1v) is 17.1. The van der Waals surface area contributed by atoms with Crippen molar-refractivity contribution in [2.24, 2.45) is 28.6 Å². The highest BCUT2D eigenvalue weighted by Crippen LogP contribution is 2.70. The van der Waals surface area contributed by atoms with E-state index in [1.165, 1.54) is 18.2 Å². The number of hydrogen-bond donors (Lipinski definition) is 9. The Kier molecular flexibility index (Phi) is 9.85. The molecule has 0 aromatic carbocycles. The minimum Gasteiger partial charge on any atom is -0.394 e. The molecule has 0 aromatic heterocycles. The average Bonchev–Trinajstić information content (AvgIpc) is 3.47. The summed E-state index contributed by atoms with van der Waals surface area (Å²) in [5, 5.41) is 95.8. The Morgan fingerprint density at radius 1 is 1.02 bits per heavy atom. The van der Waals surface area contributed by atoms with Crippen LogP contribution in [0.2, 0.25) is 0 Å². The van der Waals surface area contributed by atoms with Crippen LogP contribution in [0.25, 0.3) is 0 Å². The summed E-state index contributed by atoms with van der Waals surface area (Å²) in [5.74, 6) is -5.58. The second kappa shape index (κ2) is 13.0. The van der Waals surface area contributed by atoms with Gasteiger partial charge in [0.25, 0.3) is 0 Å². The number of halogens is 1. The maximum absolute atomic E-state index is 17.5. The van der Waals surface area contributed by atoms with E-state index in [1.807, 2.05) is 0 Å². The summed E-state index contributed by atoms with van der Waals surface area (Å²) in [4.78, 5) is 26.3. The Morgan fingerprint density at radius 2 is 1.70 bits per heavy atom. The first-order chi connectivity index (χ1) is 23.4. The van der Waals surface area contributed by atoms with Crippen LogP contribution in [0.3, 0.4) is 0 Å². The standard InChI is InChI=1S/C34H49FO15/c1-15-8-19-18-5-4-16-9-17(39)6-7-30(16,2)33(18,35)22(40)10-31(19,3)34(15,46)23(41)13-47-32(14-38)28(45)27(21(12-37)50-32)49-29-26(44)25(43)24(42)20(11-36)48-29/h6-7,9,15,18-22,24-29,36-38,40,42-46H,4-5,8,10-14H2,1-3H3/t15-,18-,19-,20+,21+,22-,24-,25-,26+,27+,28-,29-,30-,31-,32?,33-,34-/m0/s1. The molecule has 282 valence electrons. The average molecular weight is 717 g/mol. The van der Waals surface area contributed by atoms with E-state index >= 15 is 4.39 Å². The molecule has 4 aliphatic carbocycles. The summed E-state index contributed by atoms with van der Waals surface area (Å²) in [6.45, 7) is 1.38. The number of allylic oxidation sites excluding steroid dienone is 4. The number of carbonyl (C=O) groups excluding carboxylic acids is 2. The van der Waals surface area contributed by atoms with Crippen LogP contribution < -0.4 is 0 Å². The zero-order chi connectivity index (χ0) is 36.8. The zero-order valence-corrected chi connectivity index (χ0v) is 28.2. The lowest BCUT2D eigenvalue weighted by Crippen LogP contribution is -2.69. The Balaban J connectivity index is 1.21. The second-order valence-electron chi connectivity index (χ2n) is 15.4. The van der Waals surface area contributed by atoms with Crippen LogP contribution in [0, 0.1) is 28.6 Å². The summed E-state index contributed by atoms with van der Waals surface area (Å²) in [6.07, 6.45) is -10.2. The smallest absolute Gasteiger partial charge is 0.222 e. The highest BCUT2D eigenvalue weighted by molar-refractivity contribution is 6.01. The molecule has 2 heterocycles. The molecule has 16 heteroatoms. The lowest BCUT2D eigenvalue weighted by atomic mass is 9.44. The highest BCUT2D eigenvalue weighted by Gasteiger charge is 2.75. The van der Waals surface area contributed by atoms with Crippen LogP contribution in [0.4, 0.5) is 4.39 Å². The Morgan fingerprint density at radius 3 is 2.34 bits per heavy atom. The van der Waals surface area contributed by atoms with Crippen LogP contribution in [0.1, 0.15) is 46.5 Å². The third-order valence-electron chi connectivity index (χ3n) is 13.1. The lowest BCUT2D eigenvalue weighted by Gasteiger charge is -2.62. The fourth-order valence-corrected chi connectivity index (χ4v) is 10.2. The number of aliphatic hydroxyl groups is 9. The van der Waals surface area contributed by atoms with E-state index in [9.17, 15) is 55.5 Å². The first-order valence-electron chi connectivity index (χ1n) is 17.1. The quantitative estimate of drug-likeness (QED) is 0.120. The Labute approximate surface area is 287 Å². The molecule has 17 atom stereocenters. The van der Waals surface area contributed by atoms with Crippen LogP contribution in [-0.2, 0) is 28.5 Å². The Bertz CT molecular complexity index is 1410. The molecule has 50 heavy (non-hydrogen) atoms. The van der Waals surface area contributed by atoms with E-state index in [-0.39, 0.29) is 25.0 Å². The molecular weight excluding hydrogens is 667 g/mol. The summed E-state index contributed by atoms with van der Waals surface area (Å²) < 4.78 is 39.9.